The first-order valence-corrected chi connectivity index (χ1v) is 9.80. The van der Waals surface area contributed by atoms with Crippen molar-refractivity contribution in [1.82, 2.24) is 9.55 Å². The fourth-order valence-electron chi connectivity index (χ4n) is 2.95. The van der Waals surface area contributed by atoms with Crippen LogP contribution in [0.15, 0.2) is 47.6 Å². The average Bonchev–Trinajstić information content (AvgIpc) is 3.14. The van der Waals surface area contributed by atoms with Crippen LogP contribution in [-0.4, -0.2) is 38.6 Å². The molecule has 1 aliphatic rings. The Balaban J connectivity index is 1.76. The number of imidazole rings is 1. The molecule has 2 N–H and O–H groups in total. The summed E-state index contributed by atoms with van der Waals surface area (Å²) in [5.41, 5.74) is 2.51. The number of ether oxygens (including phenoxy) is 1. The van der Waals surface area contributed by atoms with Gasteiger partial charge < -0.3 is 14.9 Å². The summed E-state index contributed by atoms with van der Waals surface area (Å²) in [5.74, 6) is 0.705. The van der Waals surface area contributed by atoms with Crippen molar-refractivity contribution < 1.29 is 14.9 Å². The van der Waals surface area contributed by atoms with Gasteiger partial charge in [-0.3, -0.25) is 4.57 Å². The van der Waals surface area contributed by atoms with Crippen LogP contribution in [0.4, 0.5) is 0 Å². The molecule has 3 aromatic rings. The average molecular weight is 411 g/mol. The zero-order valence-electron chi connectivity index (χ0n) is 13.5. The van der Waals surface area contributed by atoms with E-state index in [4.69, 9.17) is 27.9 Å². The highest BCUT2D eigenvalue weighted by Gasteiger charge is 2.38. The first-order valence-electron chi connectivity index (χ1n) is 8.06. The fraction of sp³-hybridized carbons (Fsp3) is 0.278. The number of benzene rings is 2. The number of fused-ring (bicyclic) bond motifs is 1. The van der Waals surface area contributed by atoms with E-state index in [0.717, 1.165) is 5.56 Å². The number of aliphatic hydroxyl groups excluding tert-OH is 2. The Kier molecular flexibility index (Phi) is 5.14. The molecular weight excluding hydrogens is 395 g/mol. The molecule has 8 heteroatoms. The molecule has 0 saturated carbocycles. The van der Waals surface area contributed by atoms with Crippen molar-refractivity contribution in [3.63, 3.8) is 0 Å². The Hall–Kier alpha value is -1.28. The molecule has 0 bridgehead atoms. The van der Waals surface area contributed by atoms with E-state index in [1.807, 2.05) is 30.3 Å². The lowest BCUT2D eigenvalue weighted by atomic mass is 10.2. The van der Waals surface area contributed by atoms with Crippen LogP contribution in [-0.2, 0) is 10.5 Å². The Morgan fingerprint density at radius 2 is 1.88 bits per heavy atom. The molecule has 2 heterocycles. The van der Waals surface area contributed by atoms with Crippen molar-refractivity contribution in [3.05, 3.63) is 58.1 Å². The van der Waals surface area contributed by atoms with Crippen LogP contribution in [0.2, 0.25) is 10.0 Å². The number of aromatic nitrogens is 2. The van der Waals surface area contributed by atoms with Crippen molar-refractivity contribution in [3.8, 4) is 0 Å². The molecule has 0 unspecified atom stereocenters. The maximum absolute atomic E-state index is 10.3. The summed E-state index contributed by atoms with van der Waals surface area (Å²) in [7, 11) is 0. The molecule has 3 atom stereocenters. The zero-order chi connectivity index (χ0) is 18.3. The highest BCUT2D eigenvalue weighted by Crippen LogP contribution is 2.37. The summed E-state index contributed by atoms with van der Waals surface area (Å²) >= 11 is 13.8. The number of halogens is 2. The van der Waals surface area contributed by atoms with Crippen LogP contribution in [0.3, 0.4) is 0 Å². The van der Waals surface area contributed by atoms with E-state index in [2.05, 4.69) is 4.98 Å². The summed E-state index contributed by atoms with van der Waals surface area (Å²) in [6.07, 6.45) is -2.71. The van der Waals surface area contributed by atoms with E-state index in [1.54, 1.807) is 16.7 Å². The smallest absolute Gasteiger partial charge is 0.171 e. The third kappa shape index (κ3) is 3.33. The van der Waals surface area contributed by atoms with Gasteiger partial charge in [-0.05, 0) is 17.7 Å². The quantitative estimate of drug-likeness (QED) is 0.638. The van der Waals surface area contributed by atoms with Gasteiger partial charge >= 0.3 is 0 Å². The van der Waals surface area contributed by atoms with Crippen molar-refractivity contribution in [2.24, 2.45) is 0 Å². The topological polar surface area (TPSA) is 67.5 Å². The normalized spacial score (nSPS) is 23.0. The standard InChI is InChI=1S/C18H16Cl2N2O3S/c19-11-6-13-14(7-12(11)20)22(17-16(24)15(23)8-25-17)18(21-13)26-9-10-4-2-1-3-5-10/h1-7,15-17,23-24H,8-9H2/t15-,16-,17-/m1/s1. The minimum atomic E-state index is -1.04. The lowest BCUT2D eigenvalue weighted by Crippen LogP contribution is -2.28. The predicted molar refractivity (Wildman–Crippen MR) is 103 cm³/mol. The highest BCUT2D eigenvalue weighted by molar-refractivity contribution is 7.98. The summed E-state index contributed by atoms with van der Waals surface area (Å²) in [4.78, 5) is 4.64. The molecule has 1 aliphatic heterocycles. The van der Waals surface area contributed by atoms with Crippen molar-refractivity contribution in [2.75, 3.05) is 6.61 Å². The Bertz CT molecular complexity index is 935. The number of nitrogens with zero attached hydrogens (tertiary/aromatic N) is 2. The summed E-state index contributed by atoms with van der Waals surface area (Å²) < 4.78 is 7.41. The second kappa shape index (κ2) is 7.38. The lowest BCUT2D eigenvalue weighted by Gasteiger charge is -2.19. The molecule has 2 aromatic carbocycles. The first kappa shape index (κ1) is 18.1. The molecule has 1 fully saturated rings. The molecular formula is C18H16Cl2N2O3S. The van der Waals surface area contributed by atoms with Crippen LogP contribution in [0.5, 0.6) is 0 Å². The monoisotopic (exact) mass is 410 g/mol. The highest BCUT2D eigenvalue weighted by atomic mass is 35.5. The maximum Gasteiger partial charge on any atom is 0.171 e. The SMILES string of the molecule is O[C@@H]1[C@H](O)CO[C@H]1n1c(SCc2ccccc2)nc2cc(Cl)c(Cl)cc21. The molecule has 5 nitrogen and oxygen atoms in total. The number of thioether (sulfide) groups is 1. The van der Waals surface area contributed by atoms with Crippen LogP contribution >= 0.6 is 35.0 Å². The second-order valence-electron chi connectivity index (χ2n) is 6.08. The minimum absolute atomic E-state index is 0.0651. The fourth-order valence-corrected chi connectivity index (χ4v) is 4.26. The number of hydrogen-bond donors (Lipinski definition) is 2. The molecule has 4 rings (SSSR count). The summed E-state index contributed by atoms with van der Waals surface area (Å²) in [6, 6.07) is 13.4. The first-order chi connectivity index (χ1) is 12.5. The predicted octanol–water partition coefficient (Wildman–Crippen LogP) is 3.89. The van der Waals surface area contributed by atoms with E-state index >= 15 is 0 Å². The lowest BCUT2D eigenvalue weighted by molar-refractivity contribution is -0.0207. The van der Waals surface area contributed by atoms with Gasteiger partial charge in [-0.15, -0.1) is 0 Å². The molecule has 0 radical (unpaired) electrons. The third-order valence-corrected chi connectivity index (χ3v) is 6.03. The van der Waals surface area contributed by atoms with E-state index in [9.17, 15) is 10.2 Å². The Morgan fingerprint density at radius 1 is 1.15 bits per heavy atom. The molecule has 1 aromatic heterocycles. The van der Waals surface area contributed by atoms with Gasteiger partial charge in [0.1, 0.15) is 12.2 Å². The van der Waals surface area contributed by atoms with E-state index in [0.29, 0.717) is 32.0 Å². The molecule has 136 valence electrons. The van der Waals surface area contributed by atoms with Crippen LogP contribution < -0.4 is 0 Å². The van der Waals surface area contributed by atoms with Crippen LogP contribution in [0.25, 0.3) is 11.0 Å². The third-order valence-electron chi connectivity index (χ3n) is 4.29. The van der Waals surface area contributed by atoms with E-state index in [-0.39, 0.29) is 6.61 Å². The zero-order valence-corrected chi connectivity index (χ0v) is 15.9. The molecule has 0 spiro atoms. The van der Waals surface area contributed by atoms with Crippen LogP contribution in [0.1, 0.15) is 11.8 Å². The maximum atomic E-state index is 10.3. The number of rotatable bonds is 4. The van der Waals surface area contributed by atoms with Crippen molar-refractivity contribution in [1.29, 1.82) is 0 Å². The largest absolute Gasteiger partial charge is 0.388 e. The van der Waals surface area contributed by atoms with Crippen LogP contribution in [0, 0.1) is 0 Å². The van der Waals surface area contributed by atoms with E-state index < -0.39 is 18.4 Å². The molecule has 0 aliphatic carbocycles. The van der Waals surface area contributed by atoms with Gasteiger partial charge in [-0.1, -0.05) is 65.3 Å². The van der Waals surface area contributed by atoms with Gasteiger partial charge in [0, 0.05) is 5.75 Å². The second-order valence-corrected chi connectivity index (χ2v) is 7.83. The minimum Gasteiger partial charge on any atom is -0.388 e. The van der Waals surface area contributed by atoms with Gasteiger partial charge in [0.05, 0.1) is 27.7 Å². The Labute approximate surface area is 164 Å². The van der Waals surface area contributed by atoms with Gasteiger partial charge in [-0.25, -0.2) is 4.98 Å². The van der Waals surface area contributed by atoms with Gasteiger partial charge in [0.25, 0.3) is 0 Å². The number of hydrogen-bond acceptors (Lipinski definition) is 5. The van der Waals surface area contributed by atoms with Crippen molar-refractivity contribution >= 4 is 46.0 Å². The number of aliphatic hydroxyl groups is 2. The Morgan fingerprint density at radius 3 is 2.58 bits per heavy atom. The van der Waals surface area contributed by atoms with Gasteiger partial charge in [0.15, 0.2) is 11.4 Å². The summed E-state index contributed by atoms with van der Waals surface area (Å²) in [5, 5.41) is 21.7. The summed E-state index contributed by atoms with van der Waals surface area (Å²) in [6.45, 7) is 0.0651. The van der Waals surface area contributed by atoms with Gasteiger partial charge in [-0.2, -0.15) is 0 Å². The van der Waals surface area contributed by atoms with Gasteiger partial charge in [0.2, 0.25) is 0 Å². The van der Waals surface area contributed by atoms with E-state index in [1.165, 1.54) is 11.8 Å². The van der Waals surface area contributed by atoms with Crippen molar-refractivity contribution in [2.45, 2.75) is 29.3 Å². The molecule has 0 amide bonds. The molecule has 1 saturated heterocycles. The molecule has 26 heavy (non-hydrogen) atoms.